The Bertz CT molecular complexity index is 416. The molecule has 2 bridgehead atoms. The fourth-order valence-electron chi connectivity index (χ4n) is 3.13. The SMILES string of the molecule is CC(=O)OC[C@]12CC[C@@H](O1)[C@H]1C(=O)OC(=O)[C@@H]12. The molecule has 0 aromatic carbocycles. The van der Waals surface area contributed by atoms with Crippen LogP contribution in [0.1, 0.15) is 19.8 Å². The summed E-state index contributed by atoms with van der Waals surface area (Å²) in [6.07, 6.45) is 1.05. The van der Waals surface area contributed by atoms with E-state index in [4.69, 9.17) is 9.47 Å². The van der Waals surface area contributed by atoms with Crippen LogP contribution in [0.3, 0.4) is 0 Å². The minimum atomic E-state index is -0.843. The Morgan fingerprint density at radius 1 is 1.47 bits per heavy atom. The van der Waals surface area contributed by atoms with E-state index in [1.54, 1.807) is 0 Å². The molecule has 17 heavy (non-hydrogen) atoms. The fraction of sp³-hybridized carbons (Fsp3) is 0.727. The molecule has 0 amide bonds. The lowest BCUT2D eigenvalue weighted by Gasteiger charge is -2.28. The quantitative estimate of drug-likeness (QED) is 0.491. The maximum Gasteiger partial charge on any atom is 0.320 e. The van der Waals surface area contributed by atoms with Gasteiger partial charge in [-0.15, -0.1) is 0 Å². The minimum Gasteiger partial charge on any atom is -0.463 e. The summed E-state index contributed by atoms with van der Waals surface area (Å²) in [7, 11) is 0. The molecule has 0 radical (unpaired) electrons. The van der Waals surface area contributed by atoms with Crippen LogP contribution in [0.2, 0.25) is 0 Å². The number of cyclic esters (lactones) is 2. The van der Waals surface area contributed by atoms with E-state index in [0.717, 1.165) is 0 Å². The van der Waals surface area contributed by atoms with Crippen molar-refractivity contribution in [1.29, 1.82) is 0 Å². The van der Waals surface area contributed by atoms with E-state index >= 15 is 0 Å². The normalized spacial score (nSPS) is 42.5. The van der Waals surface area contributed by atoms with Crippen LogP contribution in [-0.2, 0) is 28.6 Å². The molecule has 3 saturated heterocycles. The number of rotatable bonds is 2. The summed E-state index contributed by atoms with van der Waals surface area (Å²) in [5, 5.41) is 0. The molecule has 3 heterocycles. The maximum absolute atomic E-state index is 11.6. The number of esters is 3. The van der Waals surface area contributed by atoms with Crippen LogP contribution in [-0.4, -0.2) is 36.2 Å². The highest BCUT2D eigenvalue weighted by Gasteiger charge is 2.69. The molecule has 0 spiro atoms. The van der Waals surface area contributed by atoms with Crippen LogP contribution in [0.25, 0.3) is 0 Å². The average molecular weight is 240 g/mol. The maximum atomic E-state index is 11.6. The zero-order valence-corrected chi connectivity index (χ0v) is 9.30. The van der Waals surface area contributed by atoms with Gasteiger partial charge in [-0.05, 0) is 12.8 Å². The predicted octanol–water partition coefficient (Wildman–Crippen LogP) is -0.203. The van der Waals surface area contributed by atoms with Gasteiger partial charge in [-0.2, -0.15) is 0 Å². The van der Waals surface area contributed by atoms with Crippen molar-refractivity contribution in [1.82, 2.24) is 0 Å². The van der Waals surface area contributed by atoms with Gasteiger partial charge in [-0.1, -0.05) is 0 Å². The molecule has 3 aliphatic rings. The van der Waals surface area contributed by atoms with Crippen molar-refractivity contribution < 1.29 is 28.6 Å². The lowest BCUT2D eigenvalue weighted by atomic mass is 9.73. The Morgan fingerprint density at radius 3 is 2.94 bits per heavy atom. The molecule has 6 heteroatoms. The van der Waals surface area contributed by atoms with Gasteiger partial charge < -0.3 is 14.2 Å². The third-order valence-electron chi connectivity index (χ3n) is 3.81. The molecule has 4 atom stereocenters. The molecule has 3 fully saturated rings. The first-order valence-corrected chi connectivity index (χ1v) is 5.60. The van der Waals surface area contributed by atoms with Gasteiger partial charge in [0.05, 0.1) is 12.0 Å². The lowest BCUT2D eigenvalue weighted by Crippen LogP contribution is -2.44. The van der Waals surface area contributed by atoms with Crippen molar-refractivity contribution in [3.8, 4) is 0 Å². The van der Waals surface area contributed by atoms with Crippen LogP contribution in [0.15, 0.2) is 0 Å². The van der Waals surface area contributed by atoms with Gasteiger partial charge in [0.1, 0.15) is 18.1 Å². The van der Waals surface area contributed by atoms with Crippen molar-refractivity contribution in [2.24, 2.45) is 11.8 Å². The zero-order valence-electron chi connectivity index (χ0n) is 9.30. The molecule has 0 N–H and O–H groups in total. The Labute approximate surface area is 97.2 Å². The zero-order chi connectivity index (χ0) is 12.2. The average Bonchev–Trinajstić information content (AvgIpc) is 2.88. The van der Waals surface area contributed by atoms with E-state index in [9.17, 15) is 14.4 Å². The molecule has 0 saturated carbocycles. The molecular formula is C11H12O6. The number of ether oxygens (including phenoxy) is 3. The first-order chi connectivity index (χ1) is 8.03. The highest BCUT2D eigenvalue weighted by Crippen LogP contribution is 2.54. The number of carbonyl (C=O) groups is 3. The van der Waals surface area contributed by atoms with Crippen LogP contribution in [0, 0.1) is 11.8 Å². The number of hydrogen-bond donors (Lipinski definition) is 0. The summed E-state index contributed by atoms with van der Waals surface area (Å²) in [6, 6.07) is 0. The van der Waals surface area contributed by atoms with E-state index in [1.165, 1.54) is 6.92 Å². The van der Waals surface area contributed by atoms with Gasteiger partial charge in [0, 0.05) is 6.92 Å². The smallest absolute Gasteiger partial charge is 0.320 e. The van der Waals surface area contributed by atoms with Gasteiger partial charge >= 0.3 is 17.9 Å². The summed E-state index contributed by atoms with van der Waals surface area (Å²) < 4.78 is 15.3. The van der Waals surface area contributed by atoms with E-state index in [-0.39, 0.29) is 12.7 Å². The summed E-state index contributed by atoms with van der Waals surface area (Å²) in [4.78, 5) is 34.0. The lowest BCUT2D eigenvalue weighted by molar-refractivity contribution is -0.165. The third kappa shape index (κ3) is 1.33. The van der Waals surface area contributed by atoms with E-state index in [0.29, 0.717) is 12.8 Å². The van der Waals surface area contributed by atoms with Gasteiger partial charge in [0.2, 0.25) is 0 Å². The second-order valence-corrected chi connectivity index (χ2v) is 4.78. The highest BCUT2D eigenvalue weighted by molar-refractivity contribution is 5.98. The number of carbonyl (C=O) groups excluding carboxylic acids is 3. The number of hydrogen-bond acceptors (Lipinski definition) is 6. The molecule has 0 aliphatic carbocycles. The second-order valence-electron chi connectivity index (χ2n) is 4.78. The largest absolute Gasteiger partial charge is 0.463 e. The first-order valence-electron chi connectivity index (χ1n) is 5.60. The van der Waals surface area contributed by atoms with Crippen LogP contribution in [0.4, 0.5) is 0 Å². The summed E-state index contributed by atoms with van der Waals surface area (Å²) in [6.45, 7) is 1.32. The number of fused-ring (bicyclic) bond motifs is 5. The monoisotopic (exact) mass is 240 g/mol. The predicted molar refractivity (Wildman–Crippen MR) is 51.6 cm³/mol. The van der Waals surface area contributed by atoms with Gasteiger partial charge in [-0.25, -0.2) is 0 Å². The molecular weight excluding hydrogens is 228 g/mol. The van der Waals surface area contributed by atoms with Gasteiger partial charge in [0.25, 0.3) is 0 Å². The van der Waals surface area contributed by atoms with Crippen molar-refractivity contribution in [2.45, 2.75) is 31.5 Å². The molecule has 3 aliphatic heterocycles. The molecule has 92 valence electrons. The second kappa shape index (κ2) is 3.29. The van der Waals surface area contributed by atoms with Gasteiger partial charge in [0.15, 0.2) is 0 Å². The van der Waals surface area contributed by atoms with Crippen molar-refractivity contribution in [2.75, 3.05) is 6.61 Å². The topological polar surface area (TPSA) is 78.9 Å². The van der Waals surface area contributed by atoms with Gasteiger partial charge in [-0.3, -0.25) is 14.4 Å². The molecule has 3 rings (SSSR count). The van der Waals surface area contributed by atoms with Crippen molar-refractivity contribution in [3.05, 3.63) is 0 Å². The molecule has 0 aromatic rings. The Morgan fingerprint density at radius 2 is 2.24 bits per heavy atom. The molecule has 6 nitrogen and oxygen atoms in total. The molecule has 0 aromatic heterocycles. The van der Waals surface area contributed by atoms with Crippen LogP contribution < -0.4 is 0 Å². The Hall–Kier alpha value is -1.43. The molecule has 0 unspecified atom stereocenters. The third-order valence-corrected chi connectivity index (χ3v) is 3.81. The van der Waals surface area contributed by atoms with E-state index in [1.807, 2.05) is 0 Å². The summed E-state index contributed by atoms with van der Waals surface area (Å²) >= 11 is 0. The first kappa shape index (κ1) is 10.7. The van der Waals surface area contributed by atoms with Crippen LogP contribution in [0.5, 0.6) is 0 Å². The highest BCUT2D eigenvalue weighted by atomic mass is 16.6. The standard InChI is InChI=1S/C11H12O6/c1-5(12)15-4-11-3-2-6(17-11)7-8(11)10(14)16-9(7)13/h6-8H,2-4H2,1H3/t6-,7-,8-,11+/m1/s1. The minimum absolute atomic E-state index is 0.0162. The van der Waals surface area contributed by atoms with Crippen molar-refractivity contribution in [3.63, 3.8) is 0 Å². The van der Waals surface area contributed by atoms with Crippen molar-refractivity contribution >= 4 is 17.9 Å². The summed E-state index contributed by atoms with van der Waals surface area (Å²) in [5.41, 5.74) is -0.843. The van der Waals surface area contributed by atoms with Crippen LogP contribution >= 0.6 is 0 Å². The van der Waals surface area contributed by atoms with E-state index in [2.05, 4.69) is 4.74 Å². The van der Waals surface area contributed by atoms with E-state index < -0.39 is 35.3 Å². The Balaban J connectivity index is 1.88. The fourth-order valence-corrected chi connectivity index (χ4v) is 3.13. The summed E-state index contributed by atoms with van der Waals surface area (Å²) in [5.74, 6) is -2.59. The Kier molecular flexibility index (Phi) is 2.07.